The molecule has 0 fully saturated rings. The molecule has 150 valence electrons. The molecule has 0 atom stereocenters. The van der Waals surface area contributed by atoms with Gasteiger partial charge in [0.15, 0.2) is 11.6 Å². The van der Waals surface area contributed by atoms with Crippen molar-refractivity contribution in [2.24, 2.45) is 7.05 Å². The molecule has 0 aliphatic heterocycles. The van der Waals surface area contributed by atoms with E-state index in [1.54, 1.807) is 4.57 Å². The zero-order valence-corrected chi connectivity index (χ0v) is 16.7. The molecule has 0 saturated carbocycles. The molecule has 5 heteroatoms. The van der Waals surface area contributed by atoms with E-state index in [4.69, 9.17) is 0 Å². The second kappa shape index (κ2) is 6.51. The van der Waals surface area contributed by atoms with Crippen molar-refractivity contribution < 1.29 is 8.78 Å². The van der Waals surface area contributed by atoms with E-state index in [1.165, 1.54) is 16.8 Å². The maximum absolute atomic E-state index is 13.7. The first-order chi connectivity index (χ1) is 15.1. The van der Waals surface area contributed by atoms with Gasteiger partial charge in [0.05, 0.1) is 22.1 Å². The topological polar surface area (TPSA) is 22.8 Å². The van der Waals surface area contributed by atoms with Crippen molar-refractivity contribution in [1.29, 1.82) is 0 Å². The highest BCUT2D eigenvalue weighted by atomic mass is 19.2. The van der Waals surface area contributed by atoms with Gasteiger partial charge in [-0.3, -0.25) is 0 Å². The molecular weight excluding hydrogens is 392 g/mol. The molecule has 4 aromatic carbocycles. The number of imidazole rings is 1. The number of aromatic nitrogens is 3. The maximum Gasteiger partial charge on any atom is 0.161 e. The van der Waals surface area contributed by atoms with Crippen LogP contribution in [0.15, 0.2) is 84.9 Å². The summed E-state index contributed by atoms with van der Waals surface area (Å²) < 4.78 is 31.3. The number of hydrogen-bond acceptors (Lipinski definition) is 1. The lowest BCUT2D eigenvalue weighted by atomic mass is 10.2. The van der Waals surface area contributed by atoms with Crippen LogP contribution >= 0.6 is 0 Å². The van der Waals surface area contributed by atoms with Crippen LogP contribution < -0.4 is 0 Å². The first-order valence-electron chi connectivity index (χ1n) is 10.0. The van der Waals surface area contributed by atoms with Gasteiger partial charge in [-0.1, -0.05) is 36.4 Å². The van der Waals surface area contributed by atoms with Crippen LogP contribution in [0.4, 0.5) is 8.78 Å². The number of aryl methyl sites for hydroxylation is 1. The average Bonchev–Trinajstić information content (AvgIpc) is 3.29. The fraction of sp³-hybridized carbons (Fsp3) is 0.0385. The summed E-state index contributed by atoms with van der Waals surface area (Å²) in [6.07, 6.45) is 0. The summed E-state index contributed by atoms with van der Waals surface area (Å²) in [6, 6.07) is 27.1. The third-order valence-electron chi connectivity index (χ3n) is 5.89. The van der Waals surface area contributed by atoms with Crippen LogP contribution in [-0.2, 0) is 7.05 Å². The van der Waals surface area contributed by atoms with Gasteiger partial charge in [-0.25, -0.2) is 13.8 Å². The predicted octanol–water partition coefficient (Wildman–Crippen LogP) is 6.62. The molecule has 2 aromatic heterocycles. The molecule has 31 heavy (non-hydrogen) atoms. The first-order valence-corrected chi connectivity index (χ1v) is 10.0. The lowest BCUT2D eigenvalue weighted by Gasteiger charge is -2.09. The van der Waals surface area contributed by atoms with E-state index in [1.807, 2.05) is 31.3 Å². The molecule has 0 N–H and O–H groups in total. The third-order valence-corrected chi connectivity index (χ3v) is 5.89. The zero-order valence-electron chi connectivity index (χ0n) is 16.7. The normalized spacial score (nSPS) is 11.7. The Morgan fingerprint density at radius 2 is 1.26 bits per heavy atom. The zero-order chi connectivity index (χ0) is 21.1. The monoisotopic (exact) mass is 409 g/mol. The molecule has 6 aromatic rings. The maximum atomic E-state index is 13.7. The van der Waals surface area contributed by atoms with Crippen LogP contribution in [0.3, 0.4) is 0 Å². The Kier molecular flexibility index (Phi) is 3.74. The van der Waals surface area contributed by atoms with Crippen LogP contribution in [0, 0.1) is 11.6 Å². The van der Waals surface area contributed by atoms with Gasteiger partial charge in [-0.2, -0.15) is 0 Å². The predicted molar refractivity (Wildman–Crippen MR) is 120 cm³/mol. The summed E-state index contributed by atoms with van der Waals surface area (Å²) in [5, 5.41) is 2.42. The number of fused-ring (bicyclic) bond motifs is 4. The van der Waals surface area contributed by atoms with Crippen molar-refractivity contribution >= 4 is 32.8 Å². The van der Waals surface area contributed by atoms with Crippen molar-refractivity contribution in [3.8, 4) is 17.1 Å². The van der Waals surface area contributed by atoms with Gasteiger partial charge in [0.1, 0.15) is 5.82 Å². The largest absolute Gasteiger partial charge is 0.327 e. The smallest absolute Gasteiger partial charge is 0.161 e. The Morgan fingerprint density at radius 3 is 1.90 bits per heavy atom. The molecular formula is C26H17F2N3. The van der Waals surface area contributed by atoms with E-state index in [9.17, 15) is 8.78 Å². The molecule has 3 nitrogen and oxygen atoms in total. The van der Waals surface area contributed by atoms with Crippen LogP contribution in [0.1, 0.15) is 0 Å². The first kappa shape index (κ1) is 17.8. The Bertz CT molecular complexity index is 1550. The SMILES string of the molecule is Cn1c(-c2ccc(-n3c4ccccc4c4ccccc43)cc2)nc2cc(F)c(F)cc21. The van der Waals surface area contributed by atoms with E-state index < -0.39 is 11.6 Å². The minimum absolute atomic E-state index is 0.433. The molecule has 0 amide bonds. The van der Waals surface area contributed by atoms with E-state index >= 15 is 0 Å². The van der Waals surface area contributed by atoms with E-state index in [0.717, 1.165) is 28.4 Å². The fourth-order valence-electron chi connectivity index (χ4n) is 4.41. The summed E-state index contributed by atoms with van der Waals surface area (Å²) >= 11 is 0. The molecule has 0 spiro atoms. The highest BCUT2D eigenvalue weighted by molar-refractivity contribution is 6.09. The second-order valence-electron chi connectivity index (χ2n) is 7.67. The number of para-hydroxylation sites is 2. The highest BCUT2D eigenvalue weighted by Gasteiger charge is 2.15. The number of benzene rings is 4. The van der Waals surface area contributed by atoms with Crippen LogP contribution in [0.2, 0.25) is 0 Å². The van der Waals surface area contributed by atoms with Gasteiger partial charge in [0, 0.05) is 41.2 Å². The van der Waals surface area contributed by atoms with Gasteiger partial charge < -0.3 is 9.13 Å². The highest BCUT2D eigenvalue weighted by Crippen LogP contribution is 2.33. The molecule has 0 aliphatic carbocycles. The fourth-order valence-corrected chi connectivity index (χ4v) is 4.41. The lowest BCUT2D eigenvalue weighted by Crippen LogP contribution is -1.96. The van der Waals surface area contributed by atoms with Crippen molar-refractivity contribution in [3.05, 3.63) is 96.6 Å². The van der Waals surface area contributed by atoms with Gasteiger partial charge >= 0.3 is 0 Å². The average molecular weight is 409 g/mol. The minimum atomic E-state index is -0.890. The summed E-state index contributed by atoms with van der Waals surface area (Å²) in [5.41, 5.74) is 5.19. The van der Waals surface area contributed by atoms with E-state index in [0.29, 0.717) is 16.9 Å². The Hall–Kier alpha value is -3.99. The molecule has 2 heterocycles. The Morgan fingerprint density at radius 1 is 0.677 bits per heavy atom. The number of halogens is 2. The summed E-state index contributed by atoms with van der Waals surface area (Å²) in [5.74, 6) is -1.10. The summed E-state index contributed by atoms with van der Waals surface area (Å²) in [6.45, 7) is 0. The summed E-state index contributed by atoms with van der Waals surface area (Å²) in [7, 11) is 1.81. The summed E-state index contributed by atoms with van der Waals surface area (Å²) in [4.78, 5) is 4.53. The van der Waals surface area contributed by atoms with Crippen LogP contribution in [-0.4, -0.2) is 14.1 Å². The molecule has 0 radical (unpaired) electrons. The number of nitrogens with zero attached hydrogens (tertiary/aromatic N) is 3. The lowest BCUT2D eigenvalue weighted by molar-refractivity contribution is 0.510. The molecule has 0 unspecified atom stereocenters. The number of hydrogen-bond donors (Lipinski definition) is 0. The van der Waals surface area contributed by atoms with Gasteiger partial charge in [-0.05, 0) is 36.4 Å². The van der Waals surface area contributed by atoms with Gasteiger partial charge in [0.25, 0.3) is 0 Å². The van der Waals surface area contributed by atoms with E-state index in [-0.39, 0.29) is 0 Å². The Balaban J connectivity index is 1.51. The van der Waals surface area contributed by atoms with Gasteiger partial charge in [0.2, 0.25) is 0 Å². The number of rotatable bonds is 2. The second-order valence-corrected chi connectivity index (χ2v) is 7.67. The van der Waals surface area contributed by atoms with Crippen LogP contribution in [0.25, 0.3) is 49.9 Å². The molecule has 0 saturated heterocycles. The third kappa shape index (κ3) is 2.60. The van der Waals surface area contributed by atoms with Crippen molar-refractivity contribution in [2.45, 2.75) is 0 Å². The van der Waals surface area contributed by atoms with Crippen LogP contribution in [0.5, 0.6) is 0 Å². The van der Waals surface area contributed by atoms with Crippen molar-refractivity contribution in [2.75, 3.05) is 0 Å². The molecule has 0 aliphatic rings. The quantitative estimate of drug-likeness (QED) is 0.315. The van der Waals surface area contributed by atoms with E-state index in [2.05, 4.69) is 58.1 Å². The minimum Gasteiger partial charge on any atom is -0.327 e. The molecule has 0 bridgehead atoms. The van der Waals surface area contributed by atoms with Crippen molar-refractivity contribution in [1.82, 2.24) is 14.1 Å². The van der Waals surface area contributed by atoms with Gasteiger partial charge in [-0.15, -0.1) is 0 Å². The standard InChI is InChI=1S/C26H17F2N3/c1-30-25-15-21(28)20(27)14-22(25)29-26(30)16-10-12-17(13-11-16)31-23-8-4-2-6-18(23)19-7-3-5-9-24(19)31/h2-15H,1H3. The molecule has 6 rings (SSSR count). The Labute approximate surface area is 176 Å². The van der Waals surface area contributed by atoms with Crippen molar-refractivity contribution in [3.63, 3.8) is 0 Å².